The number of nitrogen functional groups attached to an aromatic ring is 1. The number of nitro groups is 1. The van der Waals surface area contributed by atoms with Crippen LogP contribution in [0.25, 0.3) is 0 Å². The molecule has 0 unspecified atom stereocenters. The summed E-state index contributed by atoms with van der Waals surface area (Å²) in [7, 11) is 0. The summed E-state index contributed by atoms with van der Waals surface area (Å²) in [5, 5.41) is 17.4. The first kappa shape index (κ1) is 13.7. The molecule has 1 aliphatic carbocycles. The highest BCUT2D eigenvalue weighted by Gasteiger charge is 2.22. The second-order valence-electron chi connectivity index (χ2n) is 4.56. The van der Waals surface area contributed by atoms with Gasteiger partial charge in [-0.25, -0.2) is 5.43 Å². The van der Waals surface area contributed by atoms with Gasteiger partial charge in [-0.1, -0.05) is 0 Å². The van der Waals surface area contributed by atoms with Crippen LogP contribution in [-0.2, 0) is 0 Å². The van der Waals surface area contributed by atoms with Gasteiger partial charge in [0.1, 0.15) is 4.92 Å². The Bertz CT molecular complexity index is 724. The van der Waals surface area contributed by atoms with Crippen molar-refractivity contribution >= 4 is 29.9 Å². The maximum atomic E-state index is 10.5. The Hall–Kier alpha value is -3.24. The van der Waals surface area contributed by atoms with Crippen LogP contribution in [0.15, 0.2) is 21.7 Å². The lowest BCUT2D eigenvalue weighted by Gasteiger charge is -2.04. The highest BCUT2D eigenvalue weighted by molar-refractivity contribution is 5.76. The van der Waals surface area contributed by atoms with Crippen molar-refractivity contribution < 1.29 is 9.34 Å². The lowest BCUT2D eigenvalue weighted by molar-refractivity contribution is -0.402. The Labute approximate surface area is 123 Å². The van der Waals surface area contributed by atoms with Gasteiger partial charge in [0.05, 0.1) is 12.3 Å². The van der Waals surface area contributed by atoms with Gasteiger partial charge in [0.25, 0.3) is 0 Å². The summed E-state index contributed by atoms with van der Waals surface area (Å²) >= 11 is 0. The van der Waals surface area contributed by atoms with E-state index in [9.17, 15) is 10.1 Å². The van der Waals surface area contributed by atoms with Crippen LogP contribution < -0.4 is 16.5 Å². The number of furan rings is 1. The first-order valence-corrected chi connectivity index (χ1v) is 6.41. The Morgan fingerprint density at radius 3 is 2.82 bits per heavy atom. The predicted molar refractivity (Wildman–Crippen MR) is 77.5 cm³/mol. The maximum absolute atomic E-state index is 10.5. The van der Waals surface area contributed by atoms with Crippen LogP contribution in [0.3, 0.4) is 0 Å². The van der Waals surface area contributed by atoms with Gasteiger partial charge < -0.3 is 15.5 Å². The number of hydrogen-bond acceptors (Lipinski definition) is 10. The molecule has 0 bridgehead atoms. The first-order chi connectivity index (χ1) is 10.6. The van der Waals surface area contributed by atoms with E-state index in [2.05, 4.69) is 30.8 Å². The number of rotatable bonds is 6. The molecule has 2 aromatic rings. The molecule has 0 atom stereocenters. The van der Waals surface area contributed by atoms with Crippen LogP contribution in [0.4, 0.5) is 23.7 Å². The standard InChI is InChI=1S/C11H12N8O3/c12-9-15-10(14-6-1-2-6)17-11(16-9)18-13-5-7-3-4-8(22-7)19(20)21/h3-6H,1-2H2,(H4,12,14,15,16,17,18)/b13-5+. The number of anilines is 3. The summed E-state index contributed by atoms with van der Waals surface area (Å²) in [5.74, 6) is 0.457. The van der Waals surface area contributed by atoms with E-state index < -0.39 is 4.92 Å². The number of aromatic nitrogens is 3. The minimum atomic E-state index is -0.632. The van der Waals surface area contributed by atoms with Crippen molar-refractivity contribution in [2.45, 2.75) is 18.9 Å². The lowest BCUT2D eigenvalue weighted by atomic mass is 10.5. The monoisotopic (exact) mass is 304 g/mol. The second-order valence-corrected chi connectivity index (χ2v) is 4.56. The van der Waals surface area contributed by atoms with Crippen molar-refractivity contribution in [1.82, 2.24) is 15.0 Å². The second kappa shape index (κ2) is 5.63. The fourth-order valence-electron chi connectivity index (χ4n) is 1.58. The molecule has 0 aliphatic heterocycles. The van der Waals surface area contributed by atoms with Crippen LogP contribution in [0.1, 0.15) is 18.6 Å². The molecular weight excluding hydrogens is 292 g/mol. The van der Waals surface area contributed by atoms with Crippen molar-refractivity contribution in [3.05, 3.63) is 28.0 Å². The Balaban J connectivity index is 1.65. The largest absolute Gasteiger partial charge is 0.433 e. The van der Waals surface area contributed by atoms with Crippen molar-refractivity contribution in [3.63, 3.8) is 0 Å². The number of nitrogens with zero attached hydrogens (tertiary/aromatic N) is 5. The molecule has 3 rings (SSSR count). The third-order valence-corrected chi connectivity index (χ3v) is 2.71. The number of hydrogen-bond donors (Lipinski definition) is 3. The Morgan fingerprint density at radius 1 is 1.36 bits per heavy atom. The number of hydrazone groups is 1. The van der Waals surface area contributed by atoms with Gasteiger partial charge >= 0.3 is 5.88 Å². The number of nitrogens with one attached hydrogen (secondary N) is 2. The van der Waals surface area contributed by atoms with Gasteiger partial charge in [0.2, 0.25) is 17.8 Å². The fraction of sp³-hybridized carbons (Fsp3) is 0.273. The molecule has 114 valence electrons. The smallest absolute Gasteiger partial charge is 0.400 e. The molecule has 2 aromatic heterocycles. The lowest BCUT2D eigenvalue weighted by Crippen LogP contribution is -2.10. The fourth-order valence-corrected chi connectivity index (χ4v) is 1.58. The molecule has 0 saturated heterocycles. The van der Waals surface area contributed by atoms with Gasteiger partial charge in [-0.2, -0.15) is 20.1 Å². The molecule has 0 spiro atoms. The van der Waals surface area contributed by atoms with Gasteiger partial charge in [0.15, 0.2) is 5.76 Å². The highest BCUT2D eigenvalue weighted by Crippen LogP contribution is 2.23. The molecule has 11 heteroatoms. The summed E-state index contributed by atoms with van der Waals surface area (Å²) < 4.78 is 4.91. The Morgan fingerprint density at radius 2 is 2.14 bits per heavy atom. The topological polar surface area (TPSA) is 157 Å². The van der Waals surface area contributed by atoms with E-state index in [0.717, 1.165) is 12.8 Å². The van der Waals surface area contributed by atoms with E-state index in [1.807, 2.05) is 0 Å². The molecule has 1 saturated carbocycles. The zero-order chi connectivity index (χ0) is 15.5. The third kappa shape index (κ3) is 3.45. The van der Waals surface area contributed by atoms with Crippen molar-refractivity contribution in [3.8, 4) is 0 Å². The quantitative estimate of drug-likeness (QED) is 0.401. The predicted octanol–water partition coefficient (Wildman–Crippen LogP) is 0.975. The molecule has 11 nitrogen and oxygen atoms in total. The average molecular weight is 304 g/mol. The van der Waals surface area contributed by atoms with Gasteiger partial charge in [-0.3, -0.25) is 10.1 Å². The van der Waals surface area contributed by atoms with E-state index in [0.29, 0.717) is 12.0 Å². The third-order valence-electron chi connectivity index (χ3n) is 2.71. The van der Waals surface area contributed by atoms with Gasteiger partial charge in [0, 0.05) is 6.04 Å². The van der Waals surface area contributed by atoms with Crippen molar-refractivity contribution in [1.29, 1.82) is 0 Å². The van der Waals surface area contributed by atoms with E-state index in [-0.39, 0.29) is 23.5 Å². The van der Waals surface area contributed by atoms with Gasteiger partial charge in [-0.15, -0.1) is 0 Å². The van der Waals surface area contributed by atoms with Crippen LogP contribution in [0.5, 0.6) is 0 Å². The van der Waals surface area contributed by atoms with Crippen molar-refractivity contribution in [2.75, 3.05) is 16.5 Å². The molecule has 0 aromatic carbocycles. The summed E-state index contributed by atoms with van der Waals surface area (Å²) in [6.07, 6.45) is 3.41. The molecule has 0 radical (unpaired) electrons. The summed E-state index contributed by atoms with van der Waals surface area (Å²) in [6, 6.07) is 3.03. The molecule has 1 fully saturated rings. The molecular formula is C11H12N8O3. The van der Waals surface area contributed by atoms with E-state index in [1.165, 1.54) is 18.3 Å². The molecule has 0 amide bonds. The van der Waals surface area contributed by atoms with Crippen LogP contribution >= 0.6 is 0 Å². The molecule has 22 heavy (non-hydrogen) atoms. The summed E-state index contributed by atoms with van der Waals surface area (Å²) in [5.41, 5.74) is 8.15. The average Bonchev–Trinajstić information content (AvgIpc) is 3.13. The minimum absolute atomic E-state index is 0.0597. The van der Waals surface area contributed by atoms with Crippen LogP contribution in [0.2, 0.25) is 0 Å². The minimum Gasteiger partial charge on any atom is -0.400 e. The summed E-state index contributed by atoms with van der Waals surface area (Å²) in [4.78, 5) is 21.8. The Kier molecular flexibility index (Phi) is 3.52. The van der Waals surface area contributed by atoms with Crippen LogP contribution in [0, 0.1) is 10.1 Å². The highest BCUT2D eigenvalue weighted by atomic mass is 16.6. The number of nitrogens with two attached hydrogens (primary N) is 1. The van der Waals surface area contributed by atoms with Crippen LogP contribution in [-0.4, -0.2) is 32.1 Å². The zero-order valence-corrected chi connectivity index (χ0v) is 11.3. The zero-order valence-electron chi connectivity index (χ0n) is 11.3. The van der Waals surface area contributed by atoms with E-state index in [4.69, 9.17) is 10.2 Å². The summed E-state index contributed by atoms with van der Waals surface area (Å²) in [6.45, 7) is 0. The molecule has 4 N–H and O–H groups in total. The molecule has 1 aliphatic rings. The molecule has 2 heterocycles. The normalized spacial score (nSPS) is 14.2. The SMILES string of the molecule is Nc1nc(N/N=C/c2ccc([N+](=O)[O-])o2)nc(NC2CC2)n1. The first-order valence-electron chi connectivity index (χ1n) is 6.41. The van der Waals surface area contributed by atoms with E-state index in [1.54, 1.807) is 0 Å². The van der Waals surface area contributed by atoms with Crippen molar-refractivity contribution in [2.24, 2.45) is 5.10 Å². The van der Waals surface area contributed by atoms with Gasteiger partial charge in [-0.05, 0) is 18.9 Å². The maximum Gasteiger partial charge on any atom is 0.433 e. The van der Waals surface area contributed by atoms with E-state index >= 15 is 0 Å².